The van der Waals surface area contributed by atoms with E-state index in [1.165, 1.54) is 32.1 Å². The molecule has 3 aliphatic carbocycles. The molecule has 6 aliphatic rings. The summed E-state index contributed by atoms with van der Waals surface area (Å²) in [5, 5.41) is 9.66. The second-order valence-corrected chi connectivity index (χ2v) is 13.1. The first kappa shape index (κ1) is 23.4. The molecule has 10 atom stereocenters. The van der Waals surface area contributed by atoms with Gasteiger partial charge in [0.25, 0.3) is 5.56 Å². The summed E-state index contributed by atoms with van der Waals surface area (Å²) < 4.78 is 8.28. The van der Waals surface area contributed by atoms with Crippen LogP contribution in [0.15, 0.2) is 29.1 Å². The van der Waals surface area contributed by atoms with Crippen LogP contribution in [0.5, 0.6) is 0 Å². The van der Waals surface area contributed by atoms with E-state index in [2.05, 4.69) is 11.8 Å². The lowest BCUT2D eigenvalue weighted by atomic mass is 9.64. The lowest BCUT2D eigenvalue weighted by molar-refractivity contribution is -0.149. The van der Waals surface area contributed by atoms with Gasteiger partial charge in [0.15, 0.2) is 5.82 Å². The van der Waals surface area contributed by atoms with Crippen molar-refractivity contribution in [3.8, 4) is 0 Å². The highest BCUT2D eigenvalue weighted by Gasteiger charge is 2.54. The first-order chi connectivity index (χ1) is 18.5. The van der Waals surface area contributed by atoms with Crippen LogP contribution in [0.4, 0.5) is 5.82 Å². The molecule has 38 heavy (non-hydrogen) atoms. The van der Waals surface area contributed by atoms with Gasteiger partial charge in [-0.2, -0.15) is 0 Å². The summed E-state index contributed by atoms with van der Waals surface area (Å²) in [4.78, 5) is 35.1. The largest absolute Gasteiger partial charge is 0.480 e. The van der Waals surface area contributed by atoms with Gasteiger partial charge < -0.3 is 19.3 Å². The van der Waals surface area contributed by atoms with Gasteiger partial charge in [0.05, 0.1) is 23.7 Å². The third kappa shape index (κ3) is 3.38. The summed E-state index contributed by atoms with van der Waals surface area (Å²) in [6, 6.07) is 8.47. The number of piperidine rings is 1. The minimum absolute atomic E-state index is 0.0478. The predicted molar refractivity (Wildman–Crippen MR) is 143 cm³/mol. The SMILES string of the molecule is CC1OCC2CC(n3c(=O)c(N4CCC4C(=O)O)nc4ccccc43)CC1N2C1CC2CC3CC(C1)C3C2. The Bertz CT molecular complexity index is 1340. The Morgan fingerprint density at radius 1 is 1.00 bits per heavy atom. The fourth-order valence-corrected chi connectivity index (χ4v) is 9.56. The number of aliphatic carboxylic acids is 1. The Hall–Kier alpha value is -2.45. The van der Waals surface area contributed by atoms with Crippen molar-refractivity contribution in [2.75, 3.05) is 18.1 Å². The van der Waals surface area contributed by atoms with E-state index in [1.54, 1.807) is 4.90 Å². The number of hydrogen-bond donors (Lipinski definition) is 1. The van der Waals surface area contributed by atoms with E-state index in [0.717, 1.165) is 54.2 Å². The molecule has 3 aliphatic heterocycles. The molecule has 3 saturated carbocycles. The van der Waals surface area contributed by atoms with Crippen LogP contribution < -0.4 is 10.5 Å². The Morgan fingerprint density at radius 3 is 2.66 bits per heavy atom. The number of fused-ring (bicyclic) bond motifs is 4. The van der Waals surface area contributed by atoms with Crippen molar-refractivity contribution in [2.24, 2.45) is 23.7 Å². The fraction of sp³-hybridized carbons (Fsp3) is 0.700. The smallest absolute Gasteiger partial charge is 0.326 e. The molecular weight excluding hydrogens is 480 g/mol. The number of hydrogen-bond acceptors (Lipinski definition) is 6. The fourth-order valence-electron chi connectivity index (χ4n) is 9.56. The highest BCUT2D eigenvalue weighted by atomic mass is 16.5. The molecule has 10 unspecified atom stereocenters. The molecule has 202 valence electrons. The Morgan fingerprint density at radius 2 is 1.84 bits per heavy atom. The highest BCUT2D eigenvalue weighted by Crippen LogP contribution is 2.59. The molecule has 1 aromatic carbocycles. The van der Waals surface area contributed by atoms with Gasteiger partial charge in [0.1, 0.15) is 6.04 Å². The molecule has 1 N–H and O–H groups in total. The second-order valence-electron chi connectivity index (χ2n) is 13.1. The van der Waals surface area contributed by atoms with E-state index in [4.69, 9.17) is 9.72 Å². The third-order valence-corrected chi connectivity index (χ3v) is 11.3. The zero-order valence-corrected chi connectivity index (χ0v) is 22.1. The summed E-state index contributed by atoms with van der Waals surface area (Å²) in [5.41, 5.74) is 1.47. The summed E-state index contributed by atoms with van der Waals surface area (Å²) in [6.07, 6.45) is 9.48. The lowest BCUT2D eigenvalue weighted by Crippen LogP contribution is -2.64. The standard InChI is InChI=1S/C30H38N4O4/c1-16-27-14-21(13-22(15-38-16)33(27)20-9-17-8-18-11-19(12-20)23(18)10-17)34-25-5-3-2-4-24(25)31-28(29(34)35)32-7-6-26(32)30(36)37/h2-5,16-23,26-27H,6-15H2,1H3,(H,36,37). The van der Waals surface area contributed by atoms with Crippen molar-refractivity contribution in [2.45, 2.75) is 94.6 Å². The monoisotopic (exact) mass is 518 g/mol. The van der Waals surface area contributed by atoms with E-state index in [1.807, 2.05) is 28.8 Å². The van der Waals surface area contributed by atoms with Crippen LogP contribution in [0.1, 0.15) is 64.3 Å². The van der Waals surface area contributed by atoms with Gasteiger partial charge in [-0.1, -0.05) is 12.1 Å². The van der Waals surface area contributed by atoms with Crippen molar-refractivity contribution in [3.05, 3.63) is 34.6 Å². The summed E-state index contributed by atoms with van der Waals surface area (Å²) >= 11 is 0. The maximum Gasteiger partial charge on any atom is 0.326 e. The quantitative estimate of drug-likeness (QED) is 0.661. The number of para-hydroxylation sites is 2. The minimum atomic E-state index is -0.888. The highest BCUT2D eigenvalue weighted by molar-refractivity contribution is 5.81. The average molecular weight is 519 g/mol. The van der Waals surface area contributed by atoms with Gasteiger partial charge in [0, 0.05) is 30.7 Å². The second kappa shape index (κ2) is 8.52. The number of carboxylic acid groups (broad SMARTS) is 1. The minimum Gasteiger partial charge on any atom is -0.480 e. The first-order valence-corrected chi connectivity index (χ1v) is 14.9. The van der Waals surface area contributed by atoms with Gasteiger partial charge >= 0.3 is 5.97 Å². The van der Waals surface area contributed by atoms with Gasteiger partial charge in [-0.25, -0.2) is 9.78 Å². The molecular formula is C30H38N4O4. The zero-order valence-electron chi connectivity index (χ0n) is 22.1. The molecule has 3 saturated heterocycles. The molecule has 8 nitrogen and oxygen atoms in total. The van der Waals surface area contributed by atoms with Gasteiger partial charge in [-0.05, 0) is 94.1 Å². The van der Waals surface area contributed by atoms with E-state index >= 15 is 0 Å². The van der Waals surface area contributed by atoms with E-state index in [0.29, 0.717) is 36.9 Å². The predicted octanol–water partition coefficient (Wildman–Crippen LogP) is 3.68. The number of ether oxygens (including phenoxy) is 1. The molecule has 0 amide bonds. The molecule has 8 rings (SSSR count). The summed E-state index contributed by atoms with van der Waals surface area (Å²) in [6.45, 7) is 3.50. The van der Waals surface area contributed by atoms with E-state index < -0.39 is 12.0 Å². The van der Waals surface area contributed by atoms with Crippen molar-refractivity contribution >= 4 is 22.8 Å². The Labute approximate surface area is 223 Å². The van der Waals surface area contributed by atoms with Crippen LogP contribution in [0.25, 0.3) is 11.0 Å². The number of aromatic nitrogens is 2. The number of nitrogens with zero attached hydrogens (tertiary/aromatic N) is 4. The number of benzene rings is 1. The van der Waals surface area contributed by atoms with Crippen LogP contribution in [-0.2, 0) is 9.53 Å². The number of morpholine rings is 1. The normalized spacial score (nSPS) is 41.9. The van der Waals surface area contributed by atoms with Gasteiger partial charge in [-0.15, -0.1) is 0 Å². The maximum absolute atomic E-state index is 14.1. The van der Waals surface area contributed by atoms with Crippen LogP contribution in [0.2, 0.25) is 0 Å². The van der Waals surface area contributed by atoms with E-state index in [-0.39, 0.29) is 17.7 Å². The van der Waals surface area contributed by atoms with Crippen molar-refractivity contribution in [1.82, 2.24) is 14.5 Å². The molecule has 4 bridgehead atoms. The summed E-state index contributed by atoms with van der Waals surface area (Å²) in [7, 11) is 0. The molecule has 4 heterocycles. The number of anilines is 1. The van der Waals surface area contributed by atoms with Crippen LogP contribution in [0.3, 0.4) is 0 Å². The number of carboxylic acids is 1. The van der Waals surface area contributed by atoms with Crippen LogP contribution in [0, 0.1) is 23.7 Å². The molecule has 1 aromatic heterocycles. The van der Waals surface area contributed by atoms with Crippen LogP contribution in [-0.4, -0.2) is 68.9 Å². The third-order valence-electron chi connectivity index (χ3n) is 11.3. The molecule has 2 aromatic rings. The average Bonchev–Trinajstić information content (AvgIpc) is 3.09. The maximum atomic E-state index is 14.1. The molecule has 0 radical (unpaired) electrons. The van der Waals surface area contributed by atoms with Crippen molar-refractivity contribution in [3.63, 3.8) is 0 Å². The molecule has 8 heteroatoms. The van der Waals surface area contributed by atoms with Gasteiger partial charge in [0.2, 0.25) is 0 Å². The van der Waals surface area contributed by atoms with Gasteiger partial charge in [-0.3, -0.25) is 9.69 Å². The number of carbonyl (C=O) groups is 1. The first-order valence-electron chi connectivity index (χ1n) is 14.9. The molecule has 6 fully saturated rings. The number of rotatable bonds is 4. The van der Waals surface area contributed by atoms with Crippen LogP contribution >= 0.6 is 0 Å². The molecule has 0 spiro atoms. The van der Waals surface area contributed by atoms with Crippen molar-refractivity contribution in [1.29, 1.82) is 0 Å². The lowest BCUT2D eigenvalue weighted by Gasteiger charge is -2.56. The topological polar surface area (TPSA) is 87.9 Å². The zero-order chi connectivity index (χ0) is 25.7. The Balaban J connectivity index is 1.15. The van der Waals surface area contributed by atoms with E-state index in [9.17, 15) is 14.7 Å². The van der Waals surface area contributed by atoms with Crippen molar-refractivity contribution < 1.29 is 14.6 Å². The summed E-state index contributed by atoms with van der Waals surface area (Å²) in [5.74, 6) is 3.23. The Kier molecular flexibility index (Phi) is 5.26.